The molecular weight excluding hydrogens is 368 g/mol. The third-order valence-corrected chi connectivity index (χ3v) is 5.16. The molecule has 2 heterocycles. The highest BCUT2D eigenvalue weighted by atomic mass is 16.5. The van der Waals surface area contributed by atoms with Gasteiger partial charge in [0.15, 0.2) is 0 Å². The number of para-hydroxylation sites is 2. The molecule has 0 saturated carbocycles. The summed E-state index contributed by atoms with van der Waals surface area (Å²) in [6, 6.07) is 14.1. The van der Waals surface area contributed by atoms with E-state index in [1.54, 1.807) is 18.2 Å². The monoisotopic (exact) mass is 394 g/mol. The second kappa shape index (κ2) is 8.96. The Labute approximate surface area is 170 Å². The number of carbonyl (C=O) groups is 1. The molecule has 4 rings (SSSR count). The number of hydrogen-bond donors (Lipinski definition) is 1. The molecule has 0 spiro atoms. The number of benzene rings is 2. The molecule has 0 bridgehead atoms. The molecule has 0 radical (unpaired) electrons. The minimum Gasteiger partial charge on any atom is -0.492 e. The van der Waals surface area contributed by atoms with E-state index in [0.29, 0.717) is 23.4 Å². The second-order valence-electron chi connectivity index (χ2n) is 7.23. The molecule has 3 aromatic rings. The Hall–Kier alpha value is -3.06. The van der Waals surface area contributed by atoms with Crippen molar-refractivity contribution in [2.75, 3.05) is 26.2 Å². The molecule has 0 unspecified atom stereocenters. The molecule has 1 fully saturated rings. The van der Waals surface area contributed by atoms with Gasteiger partial charge in [0.05, 0.1) is 11.0 Å². The minimum atomic E-state index is -0.637. The van der Waals surface area contributed by atoms with Gasteiger partial charge in [-0.2, -0.15) is 4.98 Å². The maximum atomic E-state index is 11.9. The van der Waals surface area contributed by atoms with Crippen molar-refractivity contribution in [2.45, 2.75) is 25.7 Å². The Morgan fingerprint density at radius 2 is 1.66 bits per heavy atom. The number of nitrogens with two attached hydrogens (primary N) is 1. The first-order valence-electron chi connectivity index (χ1n) is 10.1. The molecule has 29 heavy (non-hydrogen) atoms. The number of nitrogens with zero attached hydrogens (tertiary/aromatic N) is 3. The van der Waals surface area contributed by atoms with Crippen LogP contribution in [0.15, 0.2) is 48.5 Å². The number of likely N-dealkylation sites (tertiary alicyclic amines) is 1. The third kappa shape index (κ3) is 4.68. The van der Waals surface area contributed by atoms with Gasteiger partial charge in [-0.05, 0) is 62.3 Å². The van der Waals surface area contributed by atoms with Crippen LogP contribution in [-0.4, -0.2) is 46.7 Å². The van der Waals surface area contributed by atoms with Crippen molar-refractivity contribution in [3.63, 3.8) is 0 Å². The van der Waals surface area contributed by atoms with Crippen LogP contribution in [-0.2, 0) is 0 Å². The Morgan fingerprint density at radius 3 is 2.38 bits per heavy atom. The summed E-state index contributed by atoms with van der Waals surface area (Å²) in [4.78, 5) is 18.7. The molecule has 1 aliphatic rings. The fourth-order valence-corrected chi connectivity index (χ4v) is 3.65. The van der Waals surface area contributed by atoms with E-state index in [0.717, 1.165) is 25.4 Å². The van der Waals surface area contributed by atoms with Crippen molar-refractivity contribution in [1.82, 2.24) is 14.5 Å². The number of rotatable bonds is 6. The van der Waals surface area contributed by atoms with Gasteiger partial charge in [-0.15, -0.1) is 0 Å². The largest absolute Gasteiger partial charge is 0.492 e. The number of hydrogen-bond acceptors (Lipinski definition) is 5. The number of amides is 1. The van der Waals surface area contributed by atoms with Gasteiger partial charge in [0, 0.05) is 6.54 Å². The van der Waals surface area contributed by atoms with E-state index in [1.807, 2.05) is 30.3 Å². The van der Waals surface area contributed by atoms with E-state index < -0.39 is 6.03 Å². The van der Waals surface area contributed by atoms with E-state index in [9.17, 15) is 4.79 Å². The first-order chi connectivity index (χ1) is 14.2. The van der Waals surface area contributed by atoms with Crippen LogP contribution in [0.25, 0.3) is 11.0 Å². The minimum absolute atomic E-state index is 0.147. The molecule has 1 aromatic heterocycles. The summed E-state index contributed by atoms with van der Waals surface area (Å²) < 4.78 is 12.9. The number of ether oxygens (including phenoxy) is 2. The lowest BCUT2D eigenvalue weighted by Gasteiger charge is -2.19. The highest BCUT2D eigenvalue weighted by molar-refractivity contribution is 5.90. The van der Waals surface area contributed by atoms with E-state index in [2.05, 4.69) is 9.88 Å². The maximum absolute atomic E-state index is 11.9. The third-order valence-electron chi connectivity index (χ3n) is 5.16. The summed E-state index contributed by atoms with van der Waals surface area (Å²) in [5.74, 6) is 1.35. The van der Waals surface area contributed by atoms with Gasteiger partial charge in [0.25, 0.3) is 0 Å². The van der Waals surface area contributed by atoms with Crippen LogP contribution in [0.3, 0.4) is 0 Å². The lowest BCUT2D eigenvalue weighted by molar-refractivity contribution is 0.214. The van der Waals surface area contributed by atoms with Crippen molar-refractivity contribution in [3.8, 4) is 17.5 Å². The lowest BCUT2D eigenvalue weighted by Crippen LogP contribution is -2.29. The van der Waals surface area contributed by atoms with E-state index >= 15 is 0 Å². The van der Waals surface area contributed by atoms with Crippen LogP contribution in [0.4, 0.5) is 4.79 Å². The zero-order valence-corrected chi connectivity index (χ0v) is 16.4. The number of imidazole rings is 1. The molecule has 152 valence electrons. The van der Waals surface area contributed by atoms with Crippen molar-refractivity contribution >= 4 is 17.1 Å². The SMILES string of the molecule is NC(=O)n1c(Oc2ccc(OCCN3CCCCCC3)cc2)nc2ccccc21. The zero-order chi connectivity index (χ0) is 20.1. The highest BCUT2D eigenvalue weighted by Crippen LogP contribution is 2.27. The Morgan fingerprint density at radius 1 is 0.966 bits per heavy atom. The van der Waals surface area contributed by atoms with Gasteiger partial charge < -0.3 is 15.2 Å². The van der Waals surface area contributed by atoms with Crippen LogP contribution in [0.1, 0.15) is 25.7 Å². The fraction of sp³-hybridized carbons (Fsp3) is 0.364. The lowest BCUT2D eigenvalue weighted by atomic mass is 10.2. The van der Waals surface area contributed by atoms with Crippen molar-refractivity contribution in [3.05, 3.63) is 48.5 Å². The van der Waals surface area contributed by atoms with Crippen LogP contribution in [0.5, 0.6) is 17.5 Å². The first kappa shape index (κ1) is 19.3. The van der Waals surface area contributed by atoms with Gasteiger partial charge in [-0.25, -0.2) is 9.36 Å². The molecule has 7 heteroatoms. The molecule has 0 atom stereocenters. The molecule has 2 aromatic carbocycles. The molecule has 7 nitrogen and oxygen atoms in total. The predicted molar refractivity (Wildman–Crippen MR) is 112 cm³/mol. The van der Waals surface area contributed by atoms with Gasteiger partial charge in [-0.1, -0.05) is 25.0 Å². The quantitative estimate of drug-likeness (QED) is 0.683. The molecule has 1 saturated heterocycles. The Bertz CT molecular complexity index is 960. The number of aromatic nitrogens is 2. The molecular formula is C22H26N4O3. The van der Waals surface area contributed by atoms with Crippen LogP contribution in [0.2, 0.25) is 0 Å². The summed E-state index contributed by atoms with van der Waals surface area (Å²) in [5.41, 5.74) is 6.77. The zero-order valence-electron chi connectivity index (χ0n) is 16.4. The predicted octanol–water partition coefficient (Wildman–Crippen LogP) is 4.01. The van der Waals surface area contributed by atoms with Gasteiger partial charge in [0.2, 0.25) is 0 Å². The van der Waals surface area contributed by atoms with Crippen LogP contribution < -0.4 is 15.2 Å². The van der Waals surface area contributed by atoms with Gasteiger partial charge in [-0.3, -0.25) is 4.90 Å². The normalized spacial score (nSPS) is 15.2. The van der Waals surface area contributed by atoms with Crippen molar-refractivity contribution in [1.29, 1.82) is 0 Å². The van der Waals surface area contributed by atoms with Crippen molar-refractivity contribution in [2.24, 2.45) is 5.73 Å². The number of fused-ring (bicyclic) bond motifs is 1. The number of primary amides is 1. The van der Waals surface area contributed by atoms with E-state index in [-0.39, 0.29) is 6.01 Å². The second-order valence-corrected chi connectivity index (χ2v) is 7.23. The first-order valence-corrected chi connectivity index (χ1v) is 10.1. The molecule has 0 aliphatic carbocycles. The smallest absolute Gasteiger partial charge is 0.327 e. The van der Waals surface area contributed by atoms with E-state index in [1.165, 1.54) is 30.3 Å². The molecule has 2 N–H and O–H groups in total. The van der Waals surface area contributed by atoms with Gasteiger partial charge >= 0.3 is 12.0 Å². The Kier molecular flexibility index (Phi) is 5.95. The fourth-order valence-electron chi connectivity index (χ4n) is 3.65. The van der Waals surface area contributed by atoms with Crippen molar-refractivity contribution < 1.29 is 14.3 Å². The molecule has 1 amide bonds. The molecule has 1 aliphatic heterocycles. The average Bonchev–Trinajstić information content (AvgIpc) is 2.89. The average molecular weight is 394 g/mol. The summed E-state index contributed by atoms with van der Waals surface area (Å²) in [6.45, 7) is 3.94. The van der Waals surface area contributed by atoms with Crippen LogP contribution >= 0.6 is 0 Å². The summed E-state index contributed by atoms with van der Waals surface area (Å²) in [6.07, 6.45) is 5.23. The summed E-state index contributed by atoms with van der Waals surface area (Å²) in [5, 5.41) is 0. The van der Waals surface area contributed by atoms with Crippen LogP contribution in [0, 0.1) is 0 Å². The van der Waals surface area contributed by atoms with E-state index in [4.69, 9.17) is 15.2 Å². The topological polar surface area (TPSA) is 82.6 Å². The number of carbonyl (C=O) groups excluding carboxylic acids is 1. The summed E-state index contributed by atoms with van der Waals surface area (Å²) >= 11 is 0. The van der Waals surface area contributed by atoms with Gasteiger partial charge in [0.1, 0.15) is 18.1 Å². The standard InChI is InChI=1S/C22H26N4O3/c23-21(27)26-20-8-4-3-7-19(20)24-22(26)29-18-11-9-17(10-12-18)28-16-15-25-13-5-1-2-6-14-25/h3-4,7-12H,1-2,5-6,13-16H2,(H2,23,27). The summed E-state index contributed by atoms with van der Waals surface area (Å²) in [7, 11) is 0. The highest BCUT2D eigenvalue weighted by Gasteiger charge is 2.16. The Balaban J connectivity index is 1.38. The maximum Gasteiger partial charge on any atom is 0.327 e.